The average Bonchev–Trinajstić information content (AvgIpc) is 3.12. The molecule has 0 spiro atoms. The van der Waals surface area contributed by atoms with Gasteiger partial charge in [-0.15, -0.1) is 0 Å². The second kappa shape index (κ2) is 5.09. The molecule has 2 heterocycles. The number of benzene rings is 1. The van der Waals surface area contributed by atoms with Gasteiger partial charge in [0.05, 0.1) is 17.4 Å². The first-order chi connectivity index (χ1) is 10.1. The number of nitrogens with zero attached hydrogens (tertiary/aromatic N) is 1. The molecule has 1 amide bonds. The molecule has 3 rings (SSSR count). The van der Waals surface area contributed by atoms with Gasteiger partial charge in [0.1, 0.15) is 5.76 Å². The second-order valence-corrected chi connectivity index (χ2v) is 4.97. The lowest BCUT2D eigenvalue weighted by Crippen LogP contribution is -2.29. The Kier molecular flexibility index (Phi) is 3.25. The Balaban J connectivity index is 1.98. The molecule has 0 aliphatic carbocycles. The van der Waals surface area contributed by atoms with Crippen molar-refractivity contribution >= 4 is 17.6 Å². The maximum Gasteiger partial charge on any atom is 0.335 e. The van der Waals surface area contributed by atoms with Gasteiger partial charge in [-0.05, 0) is 30.2 Å². The molecule has 108 valence electrons. The third kappa shape index (κ3) is 2.20. The van der Waals surface area contributed by atoms with E-state index in [9.17, 15) is 9.59 Å². The van der Waals surface area contributed by atoms with E-state index < -0.39 is 5.97 Å². The highest BCUT2D eigenvalue weighted by atomic mass is 16.4. The third-order valence-corrected chi connectivity index (χ3v) is 3.77. The van der Waals surface area contributed by atoms with Gasteiger partial charge in [-0.3, -0.25) is 4.79 Å². The van der Waals surface area contributed by atoms with E-state index in [1.165, 1.54) is 6.26 Å². The quantitative estimate of drug-likeness (QED) is 0.941. The summed E-state index contributed by atoms with van der Waals surface area (Å²) >= 11 is 0. The van der Waals surface area contributed by atoms with Crippen LogP contribution < -0.4 is 4.90 Å². The number of aryl methyl sites for hydroxylation is 1. The molecular formula is C16H15NO4. The summed E-state index contributed by atoms with van der Waals surface area (Å²) < 4.78 is 5.30. The molecule has 1 N–H and O–H groups in total. The molecule has 0 radical (unpaired) electrons. The summed E-state index contributed by atoms with van der Waals surface area (Å²) in [5, 5.41) is 9.09. The molecule has 0 atom stereocenters. The third-order valence-electron chi connectivity index (χ3n) is 3.77. The van der Waals surface area contributed by atoms with Gasteiger partial charge in [0.2, 0.25) is 0 Å². The molecular weight excluding hydrogens is 270 g/mol. The summed E-state index contributed by atoms with van der Waals surface area (Å²) in [4.78, 5) is 25.4. The van der Waals surface area contributed by atoms with Crippen LogP contribution in [0.1, 0.15) is 39.0 Å². The topological polar surface area (TPSA) is 70.8 Å². The molecule has 21 heavy (non-hydrogen) atoms. The van der Waals surface area contributed by atoms with E-state index in [0.29, 0.717) is 30.0 Å². The van der Waals surface area contributed by atoms with Crippen LogP contribution in [-0.2, 0) is 12.8 Å². The summed E-state index contributed by atoms with van der Waals surface area (Å²) in [5.74, 6) is -0.473. The number of carboxylic acid groups (broad SMARTS) is 1. The zero-order valence-corrected chi connectivity index (χ0v) is 11.6. The van der Waals surface area contributed by atoms with E-state index in [0.717, 1.165) is 12.0 Å². The molecule has 0 bridgehead atoms. The highest BCUT2D eigenvalue weighted by Crippen LogP contribution is 2.31. The van der Waals surface area contributed by atoms with E-state index in [1.807, 2.05) is 6.92 Å². The number of hydrogen-bond acceptors (Lipinski definition) is 3. The first-order valence-electron chi connectivity index (χ1n) is 6.86. The van der Waals surface area contributed by atoms with Crippen molar-refractivity contribution in [2.24, 2.45) is 0 Å². The molecule has 0 unspecified atom stereocenters. The minimum Gasteiger partial charge on any atom is -0.478 e. The van der Waals surface area contributed by atoms with Crippen LogP contribution in [0.15, 0.2) is 34.9 Å². The molecule has 0 fully saturated rings. The molecule has 0 saturated heterocycles. The second-order valence-electron chi connectivity index (χ2n) is 4.97. The molecule has 1 aromatic heterocycles. The number of carboxylic acids is 1. The maximum atomic E-state index is 12.7. The number of carbonyl (C=O) groups excluding carboxylic acids is 1. The minimum absolute atomic E-state index is 0.137. The number of anilines is 1. The van der Waals surface area contributed by atoms with Gasteiger partial charge in [-0.1, -0.05) is 13.0 Å². The normalized spacial score (nSPS) is 13.3. The molecule has 5 heteroatoms. The number of fused-ring (bicyclic) bond motifs is 1. The van der Waals surface area contributed by atoms with Crippen molar-refractivity contribution in [3.63, 3.8) is 0 Å². The number of furan rings is 1. The van der Waals surface area contributed by atoms with Crippen molar-refractivity contribution in [2.45, 2.75) is 19.8 Å². The number of aromatic carboxylic acids is 1. The van der Waals surface area contributed by atoms with E-state index in [1.54, 1.807) is 29.2 Å². The van der Waals surface area contributed by atoms with Crippen molar-refractivity contribution in [3.8, 4) is 0 Å². The fourth-order valence-electron chi connectivity index (χ4n) is 2.67. The first-order valence-corrected chi connectivity index (χ1v) is 6.86. The van der Waals surface area contributed by atoms with E-state index in [2.05, 4.69) is 0 Å². The zero-order valence-electron chi connectivity index (χ0n) is 11.6. The fourth-order valence-corrected chi connectivity index (χ4v) is 2.67. The Morgan fingerprint density at radius 2 is 2.14 bits per heavy atom. The number of carbonyl (C=O) groups is 2. The van der Waals surface area contributed by atoms with Crippen molar-refractivity contribution in [2.75, 3.05) is 11.4 Å². The Hall–Kier alpha value is -2.56. The Morgan fingerprint density at radius 3 is 2.86 bits per heavy atom. The van der Waals surface area contributed by atoms with Gasteiger partial charge in [-0.25, -0.2) is 4.79 Å². The summed E-state index contributed by atoms with van der Waals surface area (Å²) in [7, 11) is 0. The lowest BCUT2D eigenvalue weighted by atomic mass is 10.1. The lowest BCUT2D eigenvalue weighted by Gasteiger charge is -2.17. The standard InChI is InChI=1S/C16H15NO4/c1-2-14-12(6-8-21-14)15(18)17-7-5-10-3-4-11(16(19)20)9-13(10)17/h3-4,6,8-9H,2,5,7H2,1H3,(H,19,20). The van der Waals surface area contributed by atoms with Crippen LogP contribution in [0.2, 0.25) is 0 Å². The van der Waals surface area contributed by atoms with E-state index >= 15 is 0 Å². The monoisotopic (exact) mass is 285 g/mol. The van der Waals surface area contributed by atoms with Crippen LogP contribution in [0.25, 0.3) is 0 Å². The van der Waals surface area contributed by atoms with Gasteiger partial charge in [0.25, 0.3) is 5.91 Å². The number of rotatable bonds is 3. The van der Waals surface area contributed by atoms with Crippen molar-refractivity contribution in [1.82, 2.24) is 0 Å². The molecule has 5 nitrogen and oxygen atoms in total. The Labute approximate surface area is 121 Å². The smallest absolute Gasteiger partial charge is 0.335 e. The highest BCUT2D eigenvalue weighted by Gasteiger charge is 2.28. The van der Waals surface area contributed by atoms with Gasteiger partial charge in [0.15, 0.2) is 0 Å². The molecule has 0 saturated carbocycles. The van der Waals surface area contributed by atoms with Crippen molar-refractivity contribution in [3.05, 3.63) is 53.0 Å². The Bertz CT molecular complexity index is 717. The molecule has 1 aliphatic rings. The first kappa shape index (κ1) is 13.4. The largest absolute Gasteiger partial charge is 0.478 e. The van der Waals surface area contributed by atoms with Crippen LogP contribution in [0.5, 0.6) is 0 Å². The number of amides is 1. The predicted molar refractivity (Wildman–Crippen MR) is 76.9 cm³/mol. The average molecular weight is 285 g/mol. The van der Waals surface area contributed by atoms with Crippen molar-refractivity contribution < 1.29 is 19.1 Å². The van der Waals surface area contributed by atoms with Crippen molar-refractivity contribution in [1.29, 1.82) is 0 Å². The van der Waals surface area contributed by atoms with Gasteiger partial charge in [-0.2, -0.15) is 0 Å². The summed E-state index contributed by atoms with van der Waals surface area (Å²) in [6, 6.07) is 6.58. The van der Waals surface area contributed by atoms with Gasteiger partial charge < -0.3 is 14.4 Å². The summed E-state index contributed by atoms with van der Waals surface area (Å²) in [5.41, 5.74) is 2.42. The van der Waals surface area contributed by atoms with Gasteiger partial charge >= 0.3 is 5.97 Å². The minimum atomic E-state index is -0.991. The van der Waals surface area contributed by atoms with Crippen LogP contribution >= 0.6 is 0 Å². The highest BCUT2D eigenvalue weighted by molar-refractivity contribution is 6.08. The van der Waals surface area contributed by atoms with Crippen LogP contribution in [0, 0.1) is 0 Å². The molecule has 1 aliphatic heterocycles. The van der Waals surface area contributed by atoms with E-state index in [4.69, 9.17) is 9.52 Å². The fraction of sp³-hybridized carbons (Fsp3) is 0.250. The predicted octanol–water partition coefficient (Wildman–Crippen LogP) is 2.74. The number of hydrogen-bond donors (Lipinski definition) is 1. The van der Waals surface area contributed by atoms with Crippen LogP contribution in [-0.4, -0.2) is 23.5 Å². The van der Waals surface area contributed by atoms with Gasteiger partial charge in [0, 0.05) is 18.7 Å². The lowest BCUT2D eigenvalue weighted by molar-refractivity contribution is 0.0696. The van der Waals surface area contributed by atoms with Crippen LogP contribution in [0.4, 0.5) is 5.69 Å². The SMILES string of the molecule is CCc1occc1C(=O)N1CCc2ccc(C(=O)O)cc21. The summed E-state index contributed by atoms with van der Waals surface area (Å²) in [6.45, 7) is 2.49. The van der Waals surface area contributed by atoms with Crippen LogP contribution in [0.3, 0.4) is 0 Å². The summed E-state index contributed by atoms with van der Waals surface area (Å²) in [6.07, 6.45) is 2.89. The van der Waals surface area contributed by atoms with E-state index in [-0.39, 0.29) is 11.5 Å². The molecule has 1 aromatic carbocycles. The Morgan fingerprint density at radius 1 is 1.33 bits per heavy atom. The zero-order chi connectivity index (χ0) is 15.0. The molecule has 2 aromatic rings. The maximum absolute atomic E-state index is 12.7.